The molecule has 0 unspecified atom stereocenters. The second-order valence-corrected chi connectivity index (χ2v) is 5.62. The number of sulfonamides is 1. The topological polar surface area (TPSA) is 99.1 Å². The Morgan fingerprint density at radius 2 is 2.22 bits per heavy atom. The molecule has 0 bridgehead atoms. The van der Waals surface area contributed by atoms with E-state index in [1.54, 1.807) is 6.07 Å². The summed E-state index contributed by atoms with van der Waals surface area (Å²) in [7, 11) is -3.61. The Hall–Kier alpha value is -1.91. The van der Waals surface area contributed by atoms with Crippen LogP contribution >= 0.6 is 0 Å². The van der Waals surface area contributed by atoms with E-state index in [9.17, 15) is 13.2 Å². The Morgan fingerprint density at radius 3 is 2.94 bits per heavy atom. The van der Waals surface area contributed by atoms with Gasteiger partial charge in [0.15, 0.2) is 0 Å². The van der Waals surface area contributed by atoms with Crippen LogP contribution in [0.15, 0.2) is 23.1 Å². The molecule has 1 aliphatic rings. The van der Waals surface area contributed by atoms with Gasteiger partial charge in [0.25, 0.3) is 0 Å². The molecular weight excluding hydrogens is 254 g/mol. The number of carbonyl (C=O) groups is 1. The molecule has 1 heterocycles. The lowest BCUT2D eigenvalue weighted by atomic mass is 10.2. The largest absolute Gasteiger partial charge is 0.326 e. The molecule has 94 valence electrons. The zero-order valence-corrected chi connectivity index (χ0v) is 10.3. The third-order valence-electron chi connectivity index (χ3n) is 2.54. The molecule has 1 aromatic carbocycles. The third-order valence-corrected chi connectivity index (χ3v) is 4.00. The fourth-order valence-electron chi connectivity index (χ4n) is 1.70. The smallest absolute Gasteiger partial charge is 0.240 e. The Balaban J connectivity index is 2.22. The number of nitriles is 1. The van der Waals surface area contributed by atoms with Crippen LogP contribution in [0.2, 0.25) is 0 Å². The van der Waals surface area contributed by atoms with Gasteiger partial charge in [-0.15, -0.1) is 0 Å². The molecule has 0 radical (unpaired) electrons. The van der Waals surface area contributed by atoms with Crippen LogP contribution in [0.3, 0.4) is 0 Å². The van der Waals surface area contributed by atoms with Crippen molar-refractivity contribution < 1.29 is 13.2 Å². The maximum atomic E-state index is 11.9. The summed E-state index contributed by atoms with van der Waals surface area (Å²) >= 11 is 0. The molecule has 2 rings (SSSR count). The van der Waals surface area contributed by atoms with E-state index in [4.69, 9.17) is 5.26 Å². The number of benzene rings is 1. The van der Waals surface area contributed by atoms with Crippen LogP contribution in [0.25, 0.3) is 0 Å². The molecule has 1 amide bonds. The molecule has 0 fully saturated rings. The average molecular weight is 265 g/mol. The van der Waals surface area contributed by atoms with Gasteiger partial charge in [-0.05, 0) is 23.8 Å². The molecule has 0 spiro atoms. The highest BCUT2D eigenvalue weighted by molar-refractivity contribution is 7.89. The zero-order valence-electron chi connectivity index (χ0n) is 9.43. The predicted octanol–water partition coefficient (Wildman–Crippen LogP) is 0.373. The van der Waals surface area contributed by atoms with E-state index in [2.05, 4.69) is 10.0 Å². The summed E-state index contributed by atoms with van der Waals surface area (Å²) in [4.78, 5) is 11.3. The van der Waals surface area contributed by atoms with Crippen molar-refractivity contribution in [1.29, 1.82) is 5.26 Å². The number of amides is 1. The van der Waals surface area contributed by atoms with Crippen molar-refractivity contribution in [3.8, 4) is 6.07 Å². The predicted molar refractivity (Wildman–Crippen MR) is 64.2 cm³/mol. The first-order chi connectivity index (χ1) is 8.53. The second kappa shape index (κ2) is 4.76. The molecule has 6 nitrogen and oxygen atoms in total. The van der Waals surface area contributed by atoms with Crippen molar-refractivity contribution in [2.75, 3.05) is 11.9 Å². The van der Waals surface area contributed by atoms with E-state index in [0.29, 0.717) is 11.3 Å². The second-order valence-electron chi connectivity index (χ2n) is 3.85. The molecule has 1 aliphatic heterocycles. The molecule has 0 aliphatic carbocycles. The van der Waals surface area contributed by atoms with Gasteiger partial charge in [0.2, 0.25) is 15.9 Å². The lowest BCUT2D eigenvalue weighted by molar-refractivity contribution is -0.115. The zero-order chi connectivity index (χ0) is 13.2. The fraction of sp³-hybridized carbons (Fsp3) is 0.273. The number of rotatable bonds is 4. The van der Waals surface area contributed by atoms with Gasteiger partial charge in [-0.25, -0.2) is 13.1 Å². The third kappa shape index (κ3) is 2.50. The SMILES string of the molecule is N#CCCNS(=O)(=O)c1ccc2c(c1)CC(=O)N2. The molecular formula is C11H11N3O3S. The van der Waals surface area contributed by atoms with E-state index in [-0.39, 0.29) is 30.2 Å². The number of hydrogen-bond acceptors (Lipinski definition) is 4. The van der Waals surface area contributed by atoms with Gasteiger partial charge in [0, 0.05) is 18.7 Å². The minimum absolute atomic E-state index is 0.0765. The lowest BCUT2D eigenvalue weighted by Gasteiger charge is -2.06. The molecule has 2 N–H and O–H groups in total. The van der Waals surface area contributed by atoms with Crippen LogP contribution in [0.1, 0.15) is 12.0 Å². The molecule has 7 heteroatoms. The summed E-state index contributed by atoms with van der Waals surface area (Å²) in [5, 5.41) is 11.0. The van der Waals surface area contributed by atoms with Gasteiger partial charge >= 0.3 is 0 Å². The van der Waals surface area contributed by atoms with Crippen LogP contribution in [-0.2, 0) is 21.2 Å². The maximum Gasteiger partial charge on any atom is 0.240 e. The van der Waals surface area contributed by atoms with Crippen molar-refractivity contribution in [2.24, 2.45) is 0 Å². The quantitative estimate of drug-likeness (QED) is 0.768. The normalized spacial score (nSPS) is 13.8. The Bertz CT molecular complexity index is 631. The van der Waals surface area contributed by atoms with E-state index in [1.165, 1.54) is 12.1 Å². The number of carbonyl (C=O) groups excluding carboxylic acids is 1. The van der Waals surface area contributed by atoms with Gasteiger partial charge in [-0.2, -0.15) is 5.26 Å². The molecule has 0 saturated carbocycles. The summed E-state index contributed by atoms with van der Waals surface area (Å²) in [6.07, 6.45) is 0.307. The first kappa shape index (κ1) is 12.5. The summed E-state index contributed by atoms with van der Waals surface area (Å²) in [6, 6.07) is 6.33. The fourth-order valence-corrected chi connectivity index (χ4v) is 2.78. The lowest BCUT2D eigenvalue weighted by Crippen LogP contribution is -2.24. The van der Waals surface area contributed by atoms with Gasteiger partial charge in [0.05, 0.1) is 17.4 Å². The van der Waals surface area contributed by atoms with Gasteiger partial charge in [-0.1, -0.05) is 0 Å². The van der Waals surface area contributed by atoms with Gasteiger partial charge < -0.3 is 5.32 Å². The highest BCUT2D eigenvalue weighted by Crippen LogP contribution is 2.25. The van der Waals surface area contributed by atoms with E-state index < -0.39 is 10.0 Å². The maximum absolute atomic E-state index is 11.9. The van der Waals surface area contributed by atoms with E-state index >= 15 is 0 Å². The highest BCUT2D eigenvalue weighted by atomic mass is 32.2. The number of anilines is 1. The van der Waals surface area contributed by atoms with Gasteiger partial charge in [-0.3, -0.25) is 4.79 Å². The Morgan fingerprint density at radius 1 is 1.44 bits per heavy atom. The van der Waals surface area contributed by atoms with Crippen LogP contribution in [-0.4, -0.2) is 20.9 Å². The minimum atomic E-state index is -3.61. The molecule has 18 heavy (non-hydrogen) atoms. The first-order valence-corrected chi connectivity index (χ1v) is 6.80. The number of fused-ring (bicyclic) bond motifs is 1. The average Bonchev–Trinajstić information content (AvgIpc) is 2.68. The van der Waals surface area contributed by atoms with Gasteiger partial charge in [0.1, 0.15) is 0 Å². The molecule has 1 aromatic rings. The van der Waals surface area contributed by atoms with E-state index in [1.807, 2.05) is 6.07 Å². The minimum Gasteiger partial charge on any atom is -0.326 e. The Labute approximate surface area is 105 Å². The first-order valence-electron chi connectivity index (χ1n) is 5.32. The van der Waals surface area contributed by atoms with E-state index in [0.717, 1.165) is 0 Å². The Kier molecular flexibility index (Phi) is 3.32. The summed E-state index contributed by atoms with van der Waals surface area (Å²) in [5.41, 5.74) is 1.32. The summed E-state index contributed by atoms with van der Waals surface area (Å²) < 4.78 is 26.0. The molecule has 0 saturated heterocycles. The summed E-state index contributed by atoms with van der Waals surface area (Å²) in [6.45, 7) is 0.0765. The number of nitrogens with one attached hydrogen (secondary N) is 2. The summed E-state index contributed by atoms with van der Waals surface area (Å²) in [5.74, 6) is -0.142. The van der Waals surface area contributed by atoms with Crippen LogP contribution in [0.5, 0.6) is 0 Å². The van der Waals surface area contributed by atoms with Crippen LogP contribution in [0.4, 0.5) is 5.69 Å². The highest BCUT2D eigenvalue weighted by Gasteiger charge is 2.21. The monoisotopic (exact) mass is 265 g/mol. The molecule has 0 aromatic heterocycles. The number of nitrogens with zero attached hydrogens (tertiary/aromatic N) is 1. The standard InChI is InChI=1S/C11H11N3O3S/c12-4-1-5-13-18(16,17)9-2-3-10-8(6-9)7-11(15)14-10/h2-3,6,13H,1,5,7H2,(H,14,15). The van der Waals surface area contributed by atoms with Crippen LogP contribution < -0.4 is 10.0 Å². The van der Waals surface area contributed by atoms with Crippen molar-refractivity contribution in [2.45, 2.75) is 17.7 Å². The van der Waals surface area contributed by atoms with Crippen molar-refractivity contribution in [1.82, 2.24) is 4.72 Å². The van der Waals surface area contributed by atoms with Crippen molar-refractivity contribution >= 4 is 21.6 Å². The van der Waals surface area contributed by atoms with Crippen LogP contribution in [0, 0.1) is 11.3 Å². The van der Waals surface area contributed by atoms with Crippen molar-refractivity contribution in [3.63, 3.8) is 0 Å². The molecule has 0 atom stereocenters. The number of hydrogen-bond donors (Lipinski definition) is 2. The van der Waals surface area contributed by atoms with Crippen molar-refractivity contribution in [3.05, 3.63) is 23.8 Å².